The van der Waals surface area contributed by atoms with Gasteiger partial charge in [-0.05, 0) is 12.2 Å². The van der Waals surface area contributed by atoms with Crippen LogP contribution in [0, 0.1) is 0 Å². The Labute approximate surface area is 156 Å². The van der Waals surface area contributed by atoms with Crippen molar-refractivity contribution in [3.8, 4) is 0 Å². The molecule has 0 saturated heterocycles. The van der Waals surface area contributed by atoms with E-state index in [-0.39, 0.29) is 23.1 Å². The first kappa shape index (κ1) is 21.8. The molecule has 0 atom stereocenters. The van der Waals surface area contributed by atoms with Gasteiger partial charge in [0, 0.05) is 6.08 Å². The van der Waals surface area contributed by atoms with E-state index in [1.807, 2.05) is 0 Å². The van der Waals surface area contributed by atoms with Gasteiger partial charge in [-0.2, -0.15) is 0 Å². The Kier molecular flexibility index (Phi) is 11.4. The predicted molar refractivity (Wildman–Crippen MR) is 103 cm³/mol. The highest BCUT2D eigenvalue weighted by Gasteiger charge is 2.30. The number of carbonyl (C=O) groups excluding carboxylic acids is 2. The second-order valence-electron chi connectivity index (χ2n) is 6.30. The summed E-state index contributed by atoms with van der Waals surface area (Å²) in [5, 5.41) is 0. The molecule has 0 unspecified atom stereocenters. The average molecular weight is 369 g/mol. The highest BCUT2D eigenvalue weighted by atomic mass is 32.2. The largest absolute Gasteiger partial charge is 0.490 e. The molecule has 25 heavy (non-hydrogen) atoms. The molecule has 0 bridgehead atoms. The van der Waals surface area contributed by atoms with Crippen molar-refractivity contribution in [1.82, 2.24) is 0 Å². The van der Waals surface area contributed by atoms with Crippen LogP contribution in [0.4, 0.5) is 0 Å². The fraction of sp³-hybridized carbons (Fsp3) is 0.700. The second-order valence-corrected chi connectivity index (χ2v) is 7.44. The van der Waals surface area contributed by atoms with Crippen LogP contribution < -0.4 is 0 Å². The predicted octanol–water partition coefficient (Wildman–Crippen LogP) is 5.18. The third kappa shape index (κ3) is 7.68. The highest BCUT2D eigenvalue weighted by molar-refractivity contribution is 8.04. The fourth-order valence-corrected chi connectivity index (χ4v) is 3.82. The van der Waals surface area contributed by atoms with Crippen molar-refractivity contribution >= 4 is 23.3 Å². The van der Waals surface area contributed by atoms with Gasteiger partial charge in [0.2, 0.25) is 23.1 Å². The number of unbranched alkanes of at least 4 members (excludes halogenated alkanes) is 9. The van der Waals surface area contributed by atoms with Crippen LogP contribution in [0.5, 0.6) is 0 Å². The van der Waals surface area contributed by atoms with Gasteiger partial charge in [-0.1, -0.05) is 64.7 Å². The Morgan fingerprint density at radius 2 is 1.32 bits per heavy atom. The summed E-state index contributed by atoms with van der Waals surface area (Å²) in [6, 6.07) is 0. The maximum atomic E-state index is 12.3. The maximum Gasteiger partial charge on any atom is 0.238 e. The van der Waals surface area contributed by atoms with Gasteiger partial charge in [-0.25, -0.2) is 0 Å². The summed E-state index contributed by atoms with van der Waals surface area (Å²) in [6.45, 7) is 2.24. The molecule has 0 heterocycles. The average Bonchev–Trinajstić information content (AvgIpc) is 2.61. The van der Waals surface area contributed by atoms with Crippen molar-refractivity contribution < 1.29 is 19.1 Å². The third-order valence-corrected chi connectivity index (χ3v) is 5.39. The summed E-state index contributed by atoms with van der Waals surface area (Å²) >= 11 is 1.44. The van der Waals surface area contributed by atoms with Crippen molar-refractivity contribution in [2.75, 3.05) is 20.0 Å². The van der Waals surface area contributed by atoms with E-state index in [4.69, 9.17) is 9.47 Å². The lowest BCUT2D eigenvalue weighted by Gasteiger charge is -2.16. The zero-order valence-electron chi connectivity index (χ0n) is 15.9. The van der Waals surface area contributed by atoms with E-state index < -0.39 is 0 Å². The minimum atomic E-state index is -0.301. The summed E-state index contributed by atoms with van der Waals surface area (Å²) in [5.74, 6) is 0.303. The number of methoxy groups -OCH3 is 2. The molecule has 1 aliphatic carbocycles. The molecule has 0 radical (unpaired) electrons. The lowest BCUT2D eigenvalue weighted by Crippen LogP contribution is -2.20. The molecule has 0 aliphatic heterocycles. The van der Waals surface area contributed by atoms with Crippen molar-refractivity contribution in [2.45, 2.75) is 71.1 Å². The van der Waals surface area contributed by atoms with Gasteiger partial charge < -0.3 is 9.47 Å². The smallest absolute Gasteiger partial charge is 0.238 e. The quantitative estimate of drug-likeness (QED) is 0.312. The van der Waals surface area contributed by atoms with E-state index in [1.165, 1.54) is 89.8 Å². The maximum absolute atomic E-state index is 12.3. The molecule has 1 rings (SSSR count). The first-order valence-electron chi connectivity index (χ1n) is 9.41. The van der Waals surface area contributed by atoms with Crippen LogP contribution in [0.25, 0.3) is 0 Å². The topological polar surface area (TPSA) is 52.6 Å². The molecular weight excluding hydrogens is 336 g/mol. The van der Waals surface area contributed by atoms with E-state index in [2.05, 4.69) is 6.92 Å². The molecule has 0 aromatic rings. The molecule has 0 fully saturated rings. The van der Waals surface area contributed by atoms with E-state index in [0.29, 0.717) is 4.91 Å². The fourth-order valence-electron chi connectivity index (χ4n) is 2.83. The number of rotatable bonds is 14. The van der Waals surface area contributed by atoms with Crippen LogP contribution in [-0.4, -0.2) is 31.5 Å². The van der Waals surface area contributed by atoms with Crippen molar-refractivity contribution in [1.29, 1.82) is 0 Å². The standard InChI is InChI=1S/C20H32O4S/c1-4-5-6-7-8-9-10-11-12-13-14-25-17-15-16(21)19(23-2)20(24-3)18(17)22/h15H,4-14H2,1-3H3. The van der Waals surface area contributed by atoms with Crippen LogP contribution in [0.2, 0.25) is 0 Å². The monoisotopic (exact) mass is 368 g/mol. The third-order valence-electron chi connectivity index (χ3n) is 4.29. The van der Waals surface area contributed by atoms with Crippen LogP contribution in [0.15, 0.2) is 22.5 Å². The van der Waals surface area contributed by atoms with Gasteiger partial charge in [0.25, 0.3) is 0 Å². The molecule has 1 aliphatic rings. The van der Waals surface area contributed by atoms with Crippen LogP contribution in [-0.2, 0) is 19.1 Å². The summed E-state index contributed by atoms with van der Waals surface area (Å²) in [6.07, 6.45) is 14.2. The number of hydrogen-bond donors (Lipinski definition) is 0. The molecule has 142 valence electrons. The number of hydrogen-bond acceptors (Lipinski definition) is 5. The first-order chi connectivity index (χ1) is 12.2. The van der Waals surface area contributed by atoms with E-state index in [1.54, 1.807) is 0 Å². The highest BCUT2D eigenvalue weighted by Crippen LogP contribution is 2.28. The molecule has 0 N–H and O–H groups in total. The molecule has 0 spiro atoms. The molecule has 5 heteroatoms. The molecule has 0 saturated carbocycles. The van der Waals surface area contributed by atoms with Crippen LogP contribution in [0.1, 0.15) is 71.1 Å². The van der Waals surface area contributed by atoms with Gasteiger partial charge in [0.05, 0.1) is 19.1 Å². The zero-order chi connectivity index (χ0) is 18.5. The Balaban J connectivity index is 2.16. The van der Waals surface area contributed by atoms with Gasteiger partial charge in [0.15, 0.2) is 0 Å². The molecular formula is C20H32O4S. The normalized spacial score (nSPS) is 14.8. The SMILES string of the molecule is CCCCCCCCCCCCSC1=CC(=O)C(OC)=C(OC)C1=O. The number of carbonyl (C=O) groups is 2. The van der Waals surface area contributed by atoms with E-state index >= 15 is 0 Å². The molecule has 0 aromatic carbocycles. The van der Waals surface area contributed by atoms with E-state index in [9.17, 15) is 9.59 Å². The number of ketones is 2. The van der Waals surface area contributed by atoms with E-state index in [0.717, 1.165) is 12.2 Å². The second kappa shape index (κ2) is 13.0. The lowest BCUT2D eigenvalue weighted by molar-refractivity contribution is -0.119. The number of ether oxygens (including phenoxy) is 2. The summed E-state index contributed by atoms with van der Waals surface area (Å²) in [7, 11) is 2.75. The van der Waals surface area contributed by atoms with Gasteiger partial charge >= 0.3 is 0 Å². The minimum absolute atomic E-state index is 0.00390. The Morgan fingerprint density at radius 3 is 1.84 bits per heavy atom. The van der Waals surface area contributed by atoms with Gasteiger partial charge in [-0.15, -0.1) is 11.8 Å². The van der Waals surface area contributed by atoms with Gasteiger partial charge in [-0.3, -0.25) is 9.59 Å². The zero-order valence-corrected chi connectivity index (χ0v) is 16.7. The van der Waals surface area contributed by atoms with Gasteiger partial charge in [0.1, 0.15) is 0 Å². The minimum Gasteiger partial charge on any atom is -0.490 e. The number of thioether (sulfide) groups is 1. The lowest BCUT2D eigenvalue weighted by atomic mass is 10.1. The number of Topliss-reactive ketones (excluding diaryl/α,β-unsaturated/α-hetero) is 1. The van der Waals surface area contributed by atoms with Crippen molar-refractivity contribution in [3.63, 3.8) is 0 Å². The first-order valence-corrected chi connectivity index (χ1v) is 10.4. The summed E-state index contributed by atoms with van der Waals surface area (Å²) in [5.41, 5.74) is 0. The number of allylic oxidation sites excluding steroid dienone is 2. The van der Waals surface area contributed by atoms with Crippen LogP contribution >= 0.6 is 11.8 Å². The van der Waals surface area contributed by atoms with Crippen molar-refractivity contribution in [2.24, 2.45) is 0 Å². The van der Waals surface area contributed by atoms with Crippen molar-refractivity contribution in [3.05, 3.63) is 22.5 Å². The molecule has 0 aromatic heterocycles. The molecule has 4 nitrogen and oxygen atoms in total. The summed E-state index contributed by atoms with van der Waals surface area (Å²) < 4.78 is 10.0. The Bertz CT molecular complexity index is 494. The Hall–Kier alpha value is -1.23. The molecule has 0 amide bonds. The summed E-state index contributed by atoms with van der Waals surface area (Å²) in [4.78, 5) is 24.7. The Morgan fingerprint density at radius 1 is 0.800 bits per heavy atom. The van der Waals surface area contributed by atoms with Crippen LogP contribution in [0.3, 0.4) is 0 Å².